The molecular formula is C15H23N5O2. The van der Waals surface area contributed by atoms with E-state index in [0.717, 1.165) is 24.1 Å². The molecule has 0 aromatic carbocycles. The number of carbonyl (C=O) groups is 2. The Morgan fingerprint density at radius 2 is 2.18 bits per heavy atom. The van der Waals surface area contributed by atoms with Crippen LogP contribution in [0.15, 0.2) is 6.20 Å². The van der Waals surface area contributed by atoms with Crippen LogP contribution in [0.4, 0.5) is 0 Å². The Kier molecular flexibility index (Phi) is 3.90. The number of likely N-dealkylation sites (N-methyl/N-ethyl adjacent to an activating group) is 1. The number of hydrogen-bond acceptors (Lipinski definition) is 4. The molecule has 2 heterocycles. The number of fused-ring (bicyclic) bond motifs is 1. The molecule has 1 aliphatic heterocycles. The Labute approximate surface area is 130 Å². The summed E-state index contributed by atoms with van der Waals surface area (Å²) in [5.41, 5.74) is 7.31. The number of aromatic nitrogens is 2. The fourth-order valence-corrected chi connectivity index (χ4v) is 3.37. The fraction of sp³-hybridized carbons (Fsp3) is 0.667. The van der Waals surface area contributed by atoms with Gasteiger partial charge in [0.15, 0.2) is 0 Å². The number of rotatable bonds is 4. The molecule has 1 aliphatic carbocycles. The van der Waals surface area contributed by atoms with Gasteiger partial charge in [-0.25, -0.2) is 0 Å². The van der Waals surface area contributed by atoms with Gasteiger partial charge in [-0.05, 0) is 19.9 Å². The van der Waals surface area contributed by atoms with E-state index in [9.17, 15) is 9.59 Å². The molecule has 0 saturated heterocycles. The van der Waals surface area contributed by atoms with Crippen molar-refractivity contribution in [1.29, 1.82) is 0 Å². The molecule has 0 bridgehead atoms. The Balaban J connectivity index is 1.77. The predicted octanol–water partition coefficient (Wildman–Crippen LogP) is -0.184. The molecule has 3 rings (SSSR count). The minimum absolute atomic E-state index is 0.0345. The van der Waals surface area contributed by atoms with Gasteiger partial charge in [-0.2, -0.15) is 5.10 Å². The lowest BCUT2D eigenvalue weighted by atomic mass is 9.92. The lowest BCUT2D eigenvalue weighted by Gasteiger charge is -2.38. The smallest absolute Gasteiger partial charge is 0.245 e. The van der Waals surface area contributed by atoms with E-state index in [0.29, 0.717) is 25.6 Å². The molecule has 22 heavy (non-hydrogen) atoms. The van der Waals surface area contributed by atoms with E-state index in [-0.39, 0.29) is 5.91 Å². The van der Waals surface area contributed by atoms with Gasteiger partial charge >= 0.3 is 0 Å². The van der Waals surface area contributed by atoms with Crippen molar-refractivity contribution in [2.75, 3.05) is 20.1 Å². The molecule has 2 aliphatic rings. The van der Waals surface area contributed by atoms with E-state index in [2.05, 4.69) is 10.00 Å². The third-order valence-corrected chi connectivity index (χ3v) is 4.96. The van der Waals surface area contributed by atoms with Crippen LogP contribution < -0.4 is 5.73 Å². The van der Waals surface area contributed by atoms with Gasteiger partial charge in [-0.1, -0.05) is 6.42 Å². The molecule has 0 spiro atoms. The van der Waals surface area contributed by atoms with E-state index in [1.165, 1.54) is 6.42 Å². The standard InChI is InChI=1S/C15H23N5O2/c1-18(10-4-3-5-10)9-13(21)20-7-6-12-11(8-17-19(12)2)14(20)15(16)22/h8,10,14H,3-7,9H2,1-2H3,(H2,16,22). The number of primary amides is 1. The quantitative estimate of drug-likeness (QED) is 0.836. The molecule has 120 valence electrons. The lowest BCUT2D eigenvalue weighted by Crippen LogP contribution is -2.50. The second kappa shape index (κ2) is 5.72. The highest BCUT2D eigenvalue weighted by Gasteiger charge is 2.37. The van der Waals surface area contributed by atoms with Gasteiger partial charge in [0.2, 0.25) is 11.8 Å². The monoisotopic (exact) mass is 305 g/mol. The first kappa shape index (κ1) is 15.0. The first-order valence-electron chi connectivity index (χ1n) is 7.79. The molecule has 2 amide bonds. The van der Waals surface area contributed by atoms with Gasteiger partial charge in [0.25, 0.3) is 0 Å². The normalized spacial score (nSPS) is 21.6. The van der Waals surface area contributed by atoms with E-state index in [4.69, 9.17) is 5.73 Å². The van der Waals surface area contributed by atoms with E-state index in [1.54, 1.807) is 15.8 Å². The van der Waals surface area contributed by atoms with Crippen LogP contribution >= 0.6 is 0 Å². The molecule has 0 radical (unpaired) electrons. The molecule has 1 fully saturated rings. The van der Waals surface area contributed by atoms with Crippen molar-refractivity contribution < 1.29 is 9.59 Å². The van der Waals surface area contributed by atoms with Crippen molar-refractivity contribution in [3.05, 3.63) is 17.5 Å². The zero-order chi connectivity index (χ0) is 15.9. The maximum atomic E-state index is 12.6. The predicted molar refractivity (Wildman–Crippen MR) is 80.8 cm³/mol. The average molecular weight is 305 g/mol. The van der Waals surface area contributed by atoms with Gasteiger partial charge in [-0.15, -0.1) is 0 Å². The summed E-state index contributed by atoms with van der Waals surface area (Å²) < 4.78 is 1.76. The number of aryl methyl sites for hydroxylation is 1. The highest BCUT2D eigenvalue weighted by atomic mass is 16.2. The molecule has 7 heteroatoms. The summed E-state index contributed by atoms with van der Waals surface area (Å²) >= 11 is 0. The summed E-state index contributed by atoms with van der Waals surface area (Å²) in [5.74, 6) is -0.527. The minimum atomic E-state index is -0.695. The number of nitrogens with zero attached hydrogens (tertiary/aromatic N) is 4. The van der Waals surface area contributed by atoms with Crippen molar-refractivity contribution >= 4 is 11.8 Å². The number of carbonyl (C=O) groups excluding carboxylic acids is 2. The largest absolute Gasteiger partial charge is 0.368 e. The third kappa shape index (κ3) is 2.49. The molecule has 1 unspecified atom stereocenters. The molecule has 1 aromatic rings. The Hall–Kier alpha value is -1.89. The number of nitrogens with two attached hydrogens (primary N) is 1. The third-order valence-electron chi connectivity index (χ3n) is 4.96. The van der Waals surface area contributed by atoms with Crippen LogP contribution in [0.3, 0.4) is 0 Å². The topological polar surface area (TPSA) is 84.5 Å². The van der Waals surface area contributed by atoms with Crippen molar-refractivity contribution in [1.82, 2.24) is 19.6 Å². The summed E-state index contributed by atoms with van der Waals surface area (Å²) in [5, 5.41) is 4.20. The van der Waals surface area contributed by atoms with E-state index < -0.39 is 11.9 Å². The zero-order valence-electron chi connectivity index (χ0n) is 13.2. The molecule has 1 atom stereocenters. The van der Waals surface area contributed by atoms with Crippen molar-refractivity contribution in [3.8, 4) is 0 Å². The van der Waals surface area contributed by atoms with Crippen molar-refractivity contribution in [2.24, 2.45) is 12.8 Å². The summed E-state index contributed by atoms with van der Waals surface area (Å²) in [7, 11) is 3.82. The van der Waals surface area contributed by atoms with Crippen LogP contribution in [-0.4, -0.2) is 57.6 Å². The van der Waals surface area contributed by atoms with Gasteiger partial charge in [0.05, 0.1) is 12.7 Å². The summed E-state index contributed by atoms with van der Waals surface area (Å²) in [6.45, 7) is 0.849. The molecule has 1 aromatic heterocycles. The average Bonchev–Trinajstić information content (AvgIpc) is 2.77. The van der Waals surface area contributed by atoms with Crippen LogP contribution in [0.5, 0.6) is 0 Å². The summed E-state index contributed by atoms with van der Waals surface area (Å²) in [6, 6.07) is -0.200. The maximum Gasteiger partial charge on any atom is 0.245 e. The molecule has 2 N–H and O–H groups in total. The van der Waals surface area contributed by atoms with E-state index in [1.807, 2.05) is 14.1 Å². The number of amides is 2. The maximum absolute atomic E-state index is 12.6. The van der Waals surface area contributed by atoms with Gasteiger partial charge in [-0.3, -0.25) is 19.2 Å². The first-order chi connectivity index (χ1) is 10.5. The van der Waals surface area contributed by atoms with Gasteiger partial charge < -0.3 is 10.6 Å². The number of hydrogen-bond donors (Lipinski definition) is 1. The summed E-state index contributed by atoms with van der Waals surface area (Å²) in [4.78, 5) is 28.2. The fourth-order valence-electron chi connectivity index (χ4n) is 3.37. The Bertz CT molecular complexity index is 593. The lowest BCUT2D eigenvalue weighted by molar-refractivity contribution is -0.141. The highest BCUT2D eigenvalue weighted by molar-refractivity contribution is 5.89. The van der Waals surface area contributed by atoms with Gasteiger partial charge in [0, 0.05) is 37.3 Å². The SMILES string of the molecule is CN(CC(=O)N1CCc2c(cnn2C)C1C(N)=O)C1CCC1. The zero-order valence-corrected chi connectivity index (χ0v) is 13.2. The minimum Gasteiger partial charge on any atom is -0.368 e. The highest BCUT2D eigenvalue weighted by Crippen LogP contribution is 2.30. The Morgan fingerprint density at radius 3 is 2.77 bits per heavy atom. The van der Waals surface area contributed by atoms with Crippen LogP contribution in [-0.2, 0) is 23.1 Å². The molecule has 7 nitrogen and oxygen atoms in total. The van der Waals surface area contributed by atoms with Crippen molar-refractivity contribution in [2.45, 2.75) is 37.8 Å². The van der Waals surface area contributed by atoms with Gasteiger partial charge in [0.1, 0.15) is 6.04 Å². The molecule has 1 saturated carbocycles. The molecular weight excluding hydrogens is 282 g/mol. The second-order valence-electron chi connectivity index (χ2n) is 6.31. The Morgan fingerprint density at radius 1 is 1.45 bits per heavy atom. The second-order valence-corrected chi connectivity index (χ2v) is 6.31. The van der Waals surface area contributed by atoms with Crippen molar-refractivity contribution in [3.63, 3.8) is 0 Å². The van der Waals surface area contributed by atoms with E-state index >= 15 is 0 Å². The summed E-state index contributed by atoms with van der Waals surface area (Å²) in [6.07, 6.45) is 5.88. The van der Waals surface area contributed by atoms with Crippen LogP contribution in [0.25, 0.3) is 0 Å². The van der Waals surface area contributed by atoms with Crippen LogP contribution in [0.1, 0.15) is 36.6 Å². The van der Waals surface area contributed by atoms with Crippen LogP contribution in [0.2, 0.25) is 0 Å². The first-order valence-corrected chi connectivity index (χ1v) is 7.79. The van der Waals surface area contributed by atoms with Crippen LogP contribution in [0, 0.1) is 0 Å².